The van der Waals surface area contributed by atoms with Crippen molar-refractivity contribution in [2.24, 2.45) is 0 Å². The fourth-order valence-corrected chi connectivity index (χ4v) is 2.71. The fourth-order valence-electron chi connectivity index (χ4n) is 1.30. The Hall–Kier alpha value is -1.40. The van der Waals surface area contributed by atoms with Gasteiger partial charge in [0.05, 0.1) is 7.11 Å². The van der Waals surface area contributed by atoms with Gasteiger partial charge >= 0.3 is 5.97 Å². The lowest BCUT2D eigenvalue weighted by atomic mass is 10.2. The summed E-state index contributed by atoms with van der Waals surface area (Å²) in [4.78, 5) is 15.3. The predicted octanol–water partition coefficient (Wildman–Crippen LogP) is 2.65. The van der Waals surface area contributed by atoms with Crippen LogP contribution in [0.15, 0.2) is 22.2 Å². The first-order valence-electron chi connectivity index (χ1n) is 5.08. The highest BCUT2D eigenvalue weighted by Crippen LogP contribution is 2.16. The van der Waals surface area contributed by atoms with Crippen LogP contribution >= 0.6 is 22.7 Å². The summed E-state index contributed by atoms with van der Waals surface area (Å²) in [6, 6.07) is 2.11. The van der Waals surface area contributed by atoms with Crippen molar-refractivity contribution in [3.05, 3.63) is 33.5 Å². The molecule has 0 spiro atoms. The maximum atomic E-state index is 11.2. The number of hydrogen-bond donors (Lipinski definition) is 1. The van der Waals surface area contributed by atoms with E-state index < -0.39 is 5.97 Å². The van der Waals surface area contributed by atoms with Crippen LogP contribution < -0.4 is 5.32 Å². The van der Waals surface area contributed by atoms with Crippen LogP contribution in [0.25, 0.3) is 0 Å². The van der Waals surface area contributed by atoms with Gasteiger partial charge in [-0.2, -0.15) is 11.3 Å². The number of methoxy groups -OCH3 is 1. The zero-order chi connectivity index (χ0) is 12.1. The summed E-state index contributed by atoms with van der Waals surface area (Å²) in [7, 11) is 1.35. The van der Waals surface area contributed by atoms with E-state index in [0.29, 0.717) is 5.69 Å². The van der Waals surface area contributed by atoms with Gasteiger partial charge in [-0.3, -0.25) is 0 Å². The van der Waals surface area contributed by atoms with Gasteiger partial charge in [-0.1, -0.05) is 0 Å². The van der Waals surface area contributed by atoms with Crippen LogP contribution in [0, 0.1) is 0 Å². The van der Waals surface area contributed by atoms with Crippen molar-refractivity contribution in [2.75, 3.05) is 19.0 Å². The summed E-state index contributed by atoms with van der Waals surface area (Å²) in [5.41, 5.74) is 1.67. The number of ether oxygens (including phenoxy) is 1. The van der Waals surface area contributed by atoms with Gasteiger partial charge in [0.15, 0.2) is 10.8 Å². The van der Waals surface area contributed by atoms with Crippen LogP contribution in [0.4, 0.5) is 5.13 Å². The number of anilines is 1. The van der Waals surface area contributed by atoms with E-state index in [-0.39, 0.29) is 0 Å². The molecule has 0 saturated heterocycles. The molecule has 0 amide bonds. The number of esters is 1. The highest BCUT2D eigenvalue weighted by Gasteiger charge is 2.09. The average Bonchev–Trinajstić information content (AvgIpc) is 2.99. The van der Waals surface area contributed by atoms with E-state index in [1.807, 2.05) is 0 Å². The number of thiophene rings is 1. The summed E-state index contributed by atoms with van der Waals surface area (Å²) >= 11 is 3.10. The molecule has 2 rings (SSSR count). The van der Waals surface area contributed by atoms with E-state index in [1.54, 1.807) is 16.7 Å². The summed E-state index contributed by atoms with van der Waals surface area (Å²) in [5.74, 6) is -0.396. The lowest BCUT2D eigenvalue weighted by molar-refractivity contribution is 0.0595. The molecule has 0 aromatic carbocycles. The Labute approximate surface area is 107 Å². The van der Waals surface area contributed by atoms with Crippen LogP contribution in [-0.4, -0.2) is 24.6 Å². The third-order valence-electron chi connectivity index (χ3n) is 2.17. The second kappa shape index (κ2) is 5.79. The van der Waals surface area contributed by atoms with E-state index in [2.05, 4.69) is 31.9 Å². The molecule has 2 aromatic rings. The largest absolute Gasteiger partial charge is 0.464 e. The number of carbonyl (C=O) groups excluding carboxylic acids is 1. The Bertz CT molecular complexity index is 479. The molecule has 0 fully saturated rings. The molecular formula is C11H12N2O2S2. The lowest BCUT2D eigenvalue weighted by Gasteiger charge is -2.00. The van der Waals surface area contributed by atoms with Crippen LogP contribution in [0.5, 0.6) is 0 Å². The second-order valence-corrected chi connectivity index (χ2v) is 4.98. The molecule has 0 radical (unpaired) electrons. The molecule has 2 heterocycles. The second-order valence-electron chi connectivity index (χ2n) is 3.34. The average molecular weight is 268 g/mol. The summed E-state index contributed by atoms with van der Waals surface area (Å²) < 4.78 is 4.59. The van der Waals surface area contributed by atoms with Crippen LogP contribution in [-0.2, 0) is 11.2 Å². The quantitative estimate of drug-likeness (QED) is 0.847. The number of thiazole rings is 1. The van der Waals surface area contributed by atoms with Crippen LogP contribution in [0.3, 0.4) is 0 Å². The third-order valence-corrected chi connectivity index (χ3v) is 3.70. The SMILES string of the molecule is COC(=O)c1csc(NCCc2ccsc2)n1. The van der Waals surface area contributed by atoms with E-state index in [4.69, 9.17) is 0 Å². The highest BCUT2D eigenvalue weighted by molar-refractivity contribution is 7.13. The Morgan fingerprint density at radius 1 is 1.53 bits per heavy atom. The Morgan fingerprint density at radius 2 is 2.41 bits per heavy atom. The zero-order valence-corrected chi connectivity index (χ0v) is 10.9. The Morgan fingerprint density at radius 3 is 3.12 bits per heavy atom. The van der Waals surface area contributed by atoms with Crippen molar-refractivity contribution in [1.29, 1.82) is 0 Å². The number of nitrogens with zero attached hydrogens (tertiary/aromatic N) is 1. The zero-order valence-electron chi connectivity index (χ0n) is 9.30. The lowest BCUT2D eigenvalue weighted by Crippen LogP contribution is -2.05. The smallest absolute Gasteiger partial charge is 0.357 e. The van der Waals surface area contributed by atoms with E-state index in [9.17, 15) is 4.79 Å². The van der Waals surface area contributed by atoms with Gasteiger partial charge in [0.2, 0.25) is 0 Å². The van der Waals surface area contributed by atoms with Crippen LogP contribution in [0.1, 0.15) is 16.1 Å². The van der Waals surface area contributed by atoms with Crippen molar-refractivity contribution in [1.82, 2.24) is 4.98 Å². The minimum Gasteiger partial charge on any atom is -0.464 e. The van der Waals surface area contributed by atoms with E-state index in [1.165, 1.54) is 24.0 Å². The molecule has 0 aliphatic carbocycles. The van der Waals surface area contributed by atoms with Crippen molar-refractivity contribution >= 4 is 33.8 Å². The number of aromatic nitrogens is 1. The Balaban J connectivity index is 1.83. The van der Waals surface area contributed by atoms with E-state index in [0.717, 1.165) is 18.1 Å². The molecule has 17 heavy (non-hydrogen) atoms. The highest BCUT2D eigenvalue weighted by atomic mass is 32.1. The number of hydrogen-bond acceptors (Lipinski definition) is 6. The molecule has 4 nitrogen and oxygen atoms in total. The van der Waals surface area contributed by atoms with Gasteiger partial charge in [-0.25, -0.2) is 9.78 Å². The summed E-state index contributed by atoms with van der Waals surface area (Å²) in [6.45, 7) is 0.810. The first-order valence-corrected chi connectivity index (χ1v) is 6.90. The van der Waals surface area contributed by atoms with Crippen LogP contribution in [0.2, 0.25) is 0 Å². The number of carbonyl (C=O) groups is 1. The molecule has 6 heteroatoms. The van der Waals surface area contributed by atoms with Gasteiger partial charge in [0.25, 0.3) is 0 Å². The number of nitrogens with one attached hydrogen (secondary N) is 1. The first kappa shape index (κ1) is 12.1. The molecule has 0 aliphatic heterocycles. The molecule has 0 unspecified atom stereocenters. The Kier molecular flexibility index (Phi) is 4.11. The normalized spacial score (nSPS) is 10.2. The summed E-state index contributed by atoms with van der Waals surface area (Å²) in [6.07, 6.45) is 0.955. The van der Waals surface area contributed by atoms with Gasteiger partial charge in [-0.15, -0.1) is 11.3 Å². The van der Waals surface area contributed by atoms with Crippen molar-refractivity contribution in [3.8, 4) is 0 Å². The predicted molar refractivity (Wildman–Crippen MR) is 70.0 cm³/mol. The molecule has 0 atom stereocenters. The number of rotatable bonds is 5. The maximum Gasteiger partial charge on any atom is 0.357 e. The van der Waals surface area contributed by atoms with Gasteiger partial charge in [0.1, 0.15) is 0 Å². The minimum atomic E-state index is -0.396. The van der Waals surface area contributed by atoms with E-state index >= 15 is 0 Å². The molecule has 1 N–H and O–H groups in total. The minimum absolute atomic E-state index is 0.357. The third kappa shape index (κ3) is 3.28. The van der Waals surface area contributed by atoms with Crippen molar-refractivity contribution < 1.29 is 9.53 Å². The fraction of sp³-hybridized carbons (Fsp3) is 0.273. The molecule has 2 aromatic heterocycles. The van der Waals surface area contributed by atoms with Gasteiger partial charge < -0.3 is 10.1 Å². The molecular weight excluding hydrogens is 256 g/mol. The molecule has 90 valence electrons. The standard InChI is InChI=1S/C11H12N2O2S2/c1-15-10(14)9-7-17-11(13-9)12-4-2-8-3-5-16-6-8/h3,5-7H,2,4H2,1H3,(H,12,13). The molecule has 0 bridgehead atoms. The first-order chi connectivity index (χ1) is 8.29. The summed E-state index contributed by atoms with van der Waals surface area (Å²) in [5, 5.41) is 9.82. The van der Waals surface area contributed by atoms with Gasteiger partial charge in [0, 0.05) is 11.9 Å². The topological polar surface area (TPSA) is 51.2 Å². The monoisotopic (exact) mass is 268 g/mol. The van der Waals surface area contributed by atoms with Crippen molar-refractivity contribution in [2.45, 2.75) is 6.42 Å². The van der Waals surface area contributed by atoms with Gasteiger partial charge in [-0.05, 0) is 28.8 Å². The van der Waals surface area contributed by atoms with Crippen molar-refractivity contribution in [3.63, 3.8) is 0 Å². The molecule has 0 aliphatic rings. The maximum absolute atomic E-state index is 11.2. The molecule has 0 saturated carbocycles.